The molecular formula is C13H16Cl2N2. The maximum atomic E-state index is 6.25. The van der Waals surface area contributed by atoms with Crippen LogP contribution in [0.15, 0.2) is 12.1 Å². The predicted octanol–water partition coefficient (Wildman–Crippen LogP) is 3.43. The lowest BCUT2D eigenvalue weighted by molar-refractivity contribution is 0.209. The number of likely N-dealkylation sites (tertiary alicyclic amines) is 1. The van der Waals surface area contributed by atoms with Gasteiger partial charge >= 0.3 is 0 Å². The van der Waals surface area contributed by atoms with Crippen LogP contribution in [0.25, 0.3) is 0 Å². The highest BCUT2D eigenvalue weighted by Gasteiger charge is 2.39. The van der Waals surface area contributed by atoms with Gasteiger partial charge in [-0.05, 0) is 44.0 Å². The minimum absolute atomic E-state index is 0.211. The zero-order valence-electron chi connectivity index (χ0n) is 9.89. The molecule has 2 aliphatic rings. The standard InChI is InChI=1S/C13H16Cl2N2/c1-17-4-2-13(3-5-17)8-9-6-10(14)7-11(15)12(9)16-13/h6-7,16H,2-5,8H2,1H3. The molecular weight excluding hydrogens is 255 g/mol. The molecule has 1 N–H and O–H groups in total. The summed E-state index contributed by atoms with van der Waals surface area (Å²) in [5.74, 6) is 0. The Hall–Kier alpha value is -0.440. The number of nitrogens with one attached hydrogen (secondary N) is 1. The highest BCUT2D eigenvalue weighted by atomic mass is 35.5. The summed E-state index contributed by atoms with van der Waals surface area (Å²) in [5.41, 5.74) is 2.58. The van der Waals surface area contributed by atoms with Crippen LogP contribution in [-0.2, 0) is 6.42 Å². The third kappa shape index (κ3) is 2.03. The molecule has 17 heavy (non-hydrogen) atoms. The Kier molecular flexibility index (Phi) is 2.77. The van der Waals surface area contributed by atoms with Gasteiger partial charge in [0.1, 0.15) is 0 Å². The van der Waals surface area contributed by atoms with Gasteiger partial charge in [-0.25, -0.2) is 0 Å². The molecule has 92 valence electrons. The highest BCUT2D eigenvalue weighted by Crippen LogP contribution is 2.43. The van der Waals surface area contributed by atoms with Crippen molar-refractivity contribution < 1.29 is 0 Å². The molecule has 2 nitrogen and oxygen atoms in total. The Morgan fingerprint density at radius 1 is 1.24 bits per heavy atom. The molecule has 4 heteroatoms. The Morgan fingerprint density at radius 3 is 2.65 bits per heavy atom. The zero-order valence-corrected chi connectivity index (χ0v) is 11.4. The third-order valence-electron chi connectivity index (χ3n) is 4.00. The normalized spacial score (nSPS) is 22.5. The molecule has 0 amide bonds. The van der Waals surface area contributed by atoms with Gasteiger partial charge in [-0.1, -0.05) is 23.2 Å². The summed E-state index contributed by atoms with van der Waals surface area (Å²) in [5, 5.41) is 5.14. The lowest BCUT2D eigenvalue weighted by atomic mass is 9.85. The molecule has 0 unspecified atom stereocenters. The fraction of sp³-hybridized carbons (Fsp3) is 0.538. The molecule has 2 aliphatic heterocycles. The zero-order chi connectivity index (χ0) is 12.0. The van der Waals surface area contributed by atoms with E-state index in [1.807, 2.05) is 12.1 Å². The first-order valence-electron chi connectivity index (χ1n) is 6.03. The Labute approximate surface area is 112 Å². The maximum absolute atomic E-state index is 6.25. The van der Waals surface area contributed by atoms with Crippen LogP contribution in [-0.4, -0.2) is 30.6 Å². The Morgan fingerprint density at radius 2 is 1.94 bits per heavy atom. The number of piperidine rings is 1. The molecule has 1 spiro atoms. The second kappa shape index (κ2) is 4.04. The Balaban J connectivity index is 1.90. The topological polar surface area (TPSA) is 15.3 Å². The van der Waals surface area contributed by atoms with E-state index in [-0.39, 0.29) is 5.54 Å². The van der Waals surface area contributed by atoms with Crippen molar-refractivity contribution in [3.63, 3.8) is 0 Å². The van der Waals surface area contributed by atoms with E-state index in [2.05, 4.69) is 17.3 Å². The fourth-order valence-corrected chi connectivity index (χ4v) is 3.51. The molecule has 3 rings (SSSR count). The molecule has 0 radical (unpaired) electrons. The lowest BCUT2D eigenvalue weighted by Crippen LogP contribution is -2.47. The number of anilines is 1. The number of rotatable bonds is 0. The van der Waals surface area contributed by atoms with Gasteiger partial charge in [0.15, 0.2) is 0 Å². The molecule has 0 aromatic heterocycles. The largest absolute Gasteiger partial charge is 0.378 e. The van der Waals surface area contributed by atoms with Crippen molar-refractivity contribution in [2.75, 3.05) is 25.5 Å². The van der Waals surface area contributed by atoms with Gasteiger partial charge in [-0.2, -0.15) is 0 Å². The smallest absolute Gasteiger partial charge is 0.0655 e. The van der Waals surface area contributed by atoms with E-state index in [0.717, 1.165) is 35.2 Å². The summed E-state index contributed by atoms with van der Waals surface area (Å²) < 4.78 is 0. The third-order valence-corrected chi connectivity index (χ3v) is 4.52. The second-order valence-corrected chi connectivity index (χ2v) is 6.15. The lowest BCUT2D eigenvalue weighted by Gasteiger charge is -2.38. The fourth-order valence-electron chi connectivity index (χ4n) is 2.93. The van der Waals surface area contributed by atoms with E-state index in [1.54, 1.807) is 0 Å². The van der Waals surface area contributed by atoms with Gasteiger partial charge in [0, 0.05) is 23.7 Å². The van der Waals surface area contributed by atoms with Gasteiger partial charge in [0.25, 0.3) is 0 Å². The first-order valence-corrected chi connectivity index (χ1v) is 6.78. The van der Waals surface area contributed by atoms with E-state index in [0.29, 0.717) is 0 Å². The minimum Gasteiger partial charge on any atom is -0.378 e. The Bertz CT molecular complexity index is 451. The highest BCUT2D eigenvalue weighted by molar-refractivity contribution is 6.36. The number of benzene rings is 1. The maximum Gasteiger partial charge on any atom is 0.0655 e. The SMILES string of the molecule is CN1CCC2(CC1)Cc1cc(Cl)cc(Cl)c1N2. The van der Waals surface area contributed by atoms with Crippen LogP contribution < -0.4 is 5.32 Å². The molecule has 1 aromatic rings. The summed E-state index contributed by atoms with van der Waals surface area (Å²) in [7, 11) is 2.18. The number of nitrogens with zero attached hydrogens (tertiary/aromatic N) is 1. The summed E-state index contributed by atoms with van der Waals surface area (Å²) in [4.78, 5) is 2.38. The molecule has 0 aliphatic carbocycles. The van der Waals surface area contributed by atoms with E-state index in [4.69, 9.17) is 23.2 Å². The molecule has 2 heterocycles. The molecule has 0 bridgehead atoms. The molecule has 1 saturated heterocycles. The first kappa shape index (κ1) is 11.6. The van der Waals surface area contributed by atoms with Crippen molar-refractivity contribution in [3.8, 4) is 0 Å². The molecule has 0 saturated carbocycles. The molecule has 0 atom stereocenters. The van der Waals surface area contributed by atoms with Crippen LogP contribution in [0.2, 0.25) is 10.0 Å². The van der Waals surface area contributed by atoms with Crippen molar-refractivity contribution >= 4 is 28.9 Å². The quantitative estimate of drug-likeness (QED) is 0.777. The van der Waals surface area contributed by atoms with Gasteiger partial charge in [0.2, 0.25) is 0 Å². The average molecular weight is 271 g/mol. The van der Waals surface area contributed by atoms with Crippen LogP contribution in [0.5, 0.6) is 0 Å². The van der Waals surface area contributed by atoms with Crippen LogP contribution in [0.3, 0.4) is 0 Å². The van der Waals surface area contributed by atoms with Crippen molar-refractivity contribution in [1.29, 1.82) is 0 Å². The van der Waals surface area contributed by atoms with E-state index in [9.17, 15) is 0 Å². The van der Waals surface area contributed by atoms with Crippen molar-refractivity contribution in [1.82, 2.24) is 4.90 Å². The summed E-state index contributed by atoms with van der Waals surface area (Å²) in [6.45, 7) is 2.29. The van der Waals surface area contributed by atoms with Gasteiger partial charge in [-0.15, -0.1) is 0 Å². The summed E-state index contributed by atoms with van der Waals surface area (Å²) in [6.07, 6.45) is 3.40. The number of halogens is 2. The van der Waals surface area contributed by atoms with Crippen molar-refractivity contribution in [3.05, 3.63) is 27.7 Å². The predicted molar refractivity (Wildman–Crippen MR) is 73.3 cm³/mol. The summed E-state index contributed by atoms with van der Waals surface area (Å²) >= 11 is 12.3. The van der Waals surface area contributed by atoms with Gasteiger partial charge in [0.05, 0.1) is 10.7 Å². The number of hydrogen-bond acceptors (Lipinski definition) is 2. The monoisotopic (exact) mass is 270 g/mol. The number of fused-ring (bicyclic) bond motifs is 1. The van der Waals surface area contributed by atoms with E-state index >= 15 is 0 Å². The van der Waals surface area contributed by atoms with E-state index < -0.39 is 0 Å². The van der Waals surface area contributed by atoms with Gasteiger partial charge < -0.3 is 10.2 Å². The second-order valence-electron chi connectivity index (χ2n) is 5.31. The first-order chi connectivity index (χ1) is 8.08. The van der Waals surface area contributed by atoms with Crippen LogP contribution in [0.4, 0.5) is 5.69 Å². The van der Waals surface area contributed by atoms with Crippen molar-refractivity contribution in [2.24, 2.45) is 0 Å². The summed E-state index contributed by atoms with van der Waals surface area (Å²) in [6, 6.07) is 3.87. The minimum atomic E-state index is 0.211. The van der Waals surface area contributed by atoms with Crippen LogP contribution in [0, 0.1) is 0 Å². The average Bonchev–Trinajstić information content (AvgIpc) is 2.62. The van der Waals surface area contributed by atoms with Crippen LogP contribution >= 0.6 is 23.2 Å². The van der Waals surface area contributed by atoms with Gasteiger partial charge in [-0.3, -0.25) is 0 Å². The number of hydrogen-bond donors (Lipinski definition) is 1. The van der Waals surface area contributed by atoms with Crippen LogP contribution in [0.1, 0.15) is 18.4 Å². The molecule has 1 aromatic carbocycles. The van der Waals surface area contributed by atoms with E-state index in [1.165, 1.54) is 18.4 Å². The van der Waals surface area contributed by atoms with Crippen molar-refractivity contribution in [2.45, 2.75) is 24.8 Å². The molecule has 1 fully saturated rings.